The fraction of sp³-hybridized carbons (Fsp3) is 0.733. The van der Waals surface area contributed by atoms with Crippen LogP contribution in [0.4, 0.5) is 0 Å². The number of ether oxygens (including phenoxy) is 4. The van der Waals surface area contributed by atoms with Gasteiger partial charge in [-0.2, -0.15) is 0 Å². The summed E-state index contributed by atoms with van der Waals surface area (Å²) in [5.74, 6) is -7.45. The summed E-state index contributed by atoms with van der Waals surface area (Å²) in [5, 5.41) is 0. The molecule has 0 bridgehead atoms. The van der Waals surface area contributed by atoms with Gasteiger partial charge in [0.25, 0.3) is 0 Å². The second kappa shape index (κ2) is 9.81. The van der Waals surface area contributed by atoms with Crippen molar-refractivity contribution in [2.75, 3.05) is 28.4 Å². The molecule has 0 rings (SSSR count). The predicted molar refractivity (Wildman–Crippen MR) is 78.0 cm³/mol. The van der Waals surface area contributed by atoms with E-state index in [9.17, 15) is 19.2 Å². The van der Waals surface area contributed by atoms with Crippen LogP contribution >= 0.6 is 0 Å². The number of hydrogen-bond acceptors (Lipinski definition) is 8. The molecule has 0 N–H and O–H groups in total. The molecule has 0 amide bonds. The highest BCUT2D eigenvalue weighted by Gasteiger charge is 2.48. The maximum atomic E-state index is 12.0. The van der Waals surface area contributed by atoms with E-state index in [-0.39, 0.29) is 12.3 Å². The third-order valence-corrected chi connectivity index (χ3v) is 3.42. The molecule has 0 atom stereocenters. The first-order chi connectivity index (χ1) is 10.7. The second-order valence-electron chi connectivity index (χ2n) is 5.34. The highest BCUT2D eigenvalue weighted by molar-refractivity contribution is 6.00. The number of esters is 4. The smallest absolute Gasteiger partial charge is 0.320 e. The van der Waals surface area contributed by atoms with Gasteiger partial charge >= 0.3 is 23.9 Å². The Morgan fingerprint density at radius 1 is 0.652 bits per heavy atom. The summed E-state index contributed by atoms with van der Waals surface area (Å²) < 4.78 is 18.5. The van der Waals surface area contributed by atoms with E-state index in [0.29, 0.717) is 0 Å². The molecule has 8 nitrogen and oxygen atoms in total. The predicted octanol–water partition coefficient (Wildman–Crippen LogP) is 0.573. The van der Waals surface area contributed by atoms with Gasteiger partial charge < -0.3 is 18.9 Å². The van der Waals surface area contributed by atoms with Crippen molar-refractivity contribution >= 4 is 23.9 Å². The zero-order valence-corrected chi connectivity index (χ0v) is 14.3. The van der Waals surface area contributed by atoms with Crippen molar-refractivity contribution in [1.29, 1.82) is 0 Å². The van der Waals surface area contributed by atoms with Crippen LogP contribution in [0.2, 0.25) is 0 Å². The highest BCUT2D eigenvalue weighted by Crippen LogP contribution is 2.32. The first kappa shape index (κ1) is 20.9. The van der Waals surface area contributed by atoms with Crippen molar-refractivity contribution < 1.29 is 38.1 Å². The molecule has 0 aromatic heterocycles. The van der Waals surface area contributed by atoms with Crippen molar-refractivity contribution in [3.05, 3.63) is 0 Å². The lowest BCUT2D eigenvalue weighted by atomic mass is 9.76. The fourth-order valence-electron chi connectivity index (χ4n) is 2.41. The van der Waals surface area contributed by atoms with Gasteiger partial charge in [0.15, 0.2) is 11.8 Å². The maximum Gasteiger partial charge on any atom is 0.320 e. The SMILES string of the molecule is COC(=O)C(C(=O)OC)C(CC(C)C)C(C(=O)OC)C(=O)OC. The largest absolute Gasteiger partial charge is 0.468 e. The molecule has 0 heterocycles. The van der Waals surface area contributed by atoms with E-state index in [1.165, 1.54) is 0 Å². The summed E-state index contributed by atoms with van der Waals surface area (Å²) in [6.45, 7) is 3.65. The Balaban J connectivity index is 6.00. The normalized spacial score (nSPS) is 10.9. The lowest BCUT2D eigenvalue weighted by Crippen LogP contribution is -2.44. The summed E-state index contributed by atoms with van der Waals surface area (Å²) >= 11 is 0. The number of carbonyl (C=O) groups excluding carboxylic acids is 4. The summed E-state index contributed by atoms with van der Waals surface area (Å²) in [6.07, 6.45) is 0.212. The molecular weight excluding hydrogens is 308 g/mol. The Bertz CT molecular complexity index is 375. The first-order valence-corrected chi connectivity index (χ1v) is 7.06. The molecule has 0 fully saturated rings. The molecule has 0 spiro atoms. The quantitative estimate of drug-likeness (QED) is 0.361. The van der Waals surface area contributed by atoms with Crippen molar-refractivity contribution in [2.45, 2.75) is 20.3 Å². The van der Waals surface area contributed by atoms with Crippen LogP contribution in [0.1, 0.15) is 20.3 Å². The standard InChI is InChI=1S/C15H24O8/c1-8(2)7-9(10(12(16)20-3)13(17)21-4)11(14(18)22-5)15(19)23-6/h8-11H,7H2,1-6H3. The van der Waals surface area contributed by atoms with Crippen LogP contribution < -0.4 is 0 Å². The molecule has 0 unspecified atom stereocenters. The van der Waals surface area contributed by atoms with E-state index in [0.717, 1.165) is 28.4 Å². The van der Waals surface area contributed by atoms with E-state index < -0.39 is 41.6 Å². The van der Waals surface area contributed by atoms with Crippen LogP contribution in [0.15, 0.2) is 0 Å². The van der Waals surface area contributed by atoms with Crippen LogP contribution in [0, 0.1) is 23.7 Å². The Labute approximate surface area is 135 Å². The lowest BCUT2D eigenvalue weighted by molar-refractivity contribution is -0.170. The molecule has 132 valence electrons. The molecule has 23 heavy (non-hydrogen) atoms. The third-order valence-electron chi connectivity index (χ3n) is 3.42. The first-order valence-electron chi connectivity index (χ1n) is 7.06. The molecule has 8 heteroatoms. The lowest BCUT2D eigenvalue weighted by Gasteiger charge is -2.29. The van der Waals surface area contributed by atoms with Crippen LogP contribution in [0.25, 0.3) is 0 Å². The maximum absolute atomic E-state index is 12.0. The molecule has 0 aromatic carbocycles. The molecular formula is C15H24O8. The van der Waals surface area contributed by atoms with Gasteiger partial charge in [-0.1, -0.05) is 13.8 Å². The average molecular weight is 332 g/mol. The van der Waals surface area contributed by atoms with Crippen molar-refractivity contribution in [3.63, 3.8) is 0 Å². The van der Waals surface area contributed by atoms with E-state index >= 15 is 0 Å². The van der Waals surface area contributed by atoms with Crippen LogP contribution in [-0.2, 0) is 38.1 Å². The van der Waals surface area contributed by atoms with Gasteiger partial charge in [0.1, 0.15) is 0 Å². The van der Waals surface area contributed by atoms with Crippen LogP contribution in [-0.4, -0.2) is 52.3 Å². The topological polar surface area (TPSA) is 105 Å². The third kappa shape index (κ3) is 5.54. The zero-order chi connectivity index (χ0) is 18.2. The molecule has 0 saturated heterocycles. The number of methoxy groups -OCH3 is 4. The Morgan fingerprint density at radius 2 is 0.913 bits per heavy atom. The van der Waals surface area contributed by atoms with Crippen molar-refractivity contribution in [2.24, 2.45) is 23.7 Å². The van der Waals surface area contributed by atoms with Crippen molar-refractivity contribution in [3.8, 4) is 0 Å². The fourth-order valence-corrected chi connectivity index (χ4v) is 2.41. The Morgan fingerprint density at radius 3 is 1.09 bits per heavy atom. The van der Waals surface area contributed by atoms with Gasteiger partial charge in [-0.25, -0.2) is 0 Å². The molecule has 0 aliphatic heterocycles. The Kier molecular flexibility index (Phi) is 8.90. The highest BCUT2D eigenvalue weighted by atomic mass is 16.6. The molecule has 0 saturated carbocycles. The second-order valence-corrected chi connectivity index (χ2v) is 5.34. The zero-order valence-electron chi connectivity index (χ0n) is 14.3. The minimum absolute atomic E-state index is 0.0198. The minimum Gasteiger partial charge on any atom is -0.468 e. The van der Waals surface area contributed by atoms with Gasteiger partial charge in [0.2, 0.25) is 0 Å². The number of rotatable bonds is 8. The summed E-state index contributed by atoms with van der Waals surface area (Å²) in [6, 6.07) is 0. The molecule has 0 aliphatic carbocycles. The van der Waals surface area contributed by atoms with Gasteiger partial charge in [-0.3, -0.25) is 19.2 Å². The summed E-state index contributed by atoms with van der Waals surface area (Å²) in [5.41, 5.74) is 0. The van der Waals surface area contributed by atoms with Gasteiger partial charge in [0.05, 0.1) is 28.4 Å². The van der Waals surface area contributed by atoms with Crippen molar-refractivity contribution in [1.82, 2.24) is 0 Å². The van der Waals surface area contributed by atoms with Gasteiger partial charge in [-0.15, -0.1) is 0 Å². The summed E-state index contributed by atoms with van der Waals surface area (Å²) in [4.78, 5) is 48.1. The molecule has 0 radical (unpaired) electrons. The number of carbonyl (C=O) groups is 4. The van der Waals surface area contributed by atoms with E-state index in [2.05, 4.69) is 18.9 Å². The van der Waals surface area contributed by atoms with E-state index in [4.69, 9.17) is 0 Å². The van der Waals surface area contributed by atoms with Crippen LogP contribution in [0.5, 0.6) is 0 Å². The van der Waals surface area contributed by atoms with E-state index in [1.54, 1.807) is 0 Å². The average Bonchev–Trinajstić information content (AvgIpc) is 2.53. The van der Waals surface area contributed by atoms with Gasteiger partial charge in [0, 0.05) is 5.92 Å². The minimum atomic E-state index is -1.43. The monoisotopic (exact) mass is 332 g/mol. The molecule has 0 aliphatic rings. The van der Waals surface area contributed by atoms with Crippen LogP contribution in [0.3, 0.4) is 0 Å². The molecule has 0 aromatic rings. The van der Waals surface area contributed by atoms with Gasteiger partial charge in [-0.05, 0) is 12.3 Å². The number of hydrogen-bond donors (Lipinski definition) is 0. The van der Waals surface area contributed by atoms with E-state index in [1.807, 2.05) is 13.8 Å². The Hall–Kier alpha value is -2.12. The summed E-state index contributed by atoms with van der Waals surface area (Å²) in [7, 11) is 4.43.